The Morgan fingerprint density at radius 2 is 2.04 bits per heavy atom. The average molecular weight is 331 g/mol. The lowest BCUT2D eigenvalue weighted by atomic mass is 10.2. The zero-order valence-electron chi connectivity index (χ0n) is 12.9. The van der Waals surface area contributed by atoms with E-state index in [2.05, 4.69) is 4.98 Å². The van der Waals surface area contributed by atoms with Crippen LogP contribution in [0.5, 0.6) is 0 Å². The van der Waals surface area contributed by atoms with E-state index in [-0.39, 0.29) is 5.39 Å². The van der Waals surface area contributed by atoms with E-state index in [9.17, 15) is 9.18 Å². The van der Waals surface area contributed by atoms with Gasteiger partial charge in [-0.2, -0.15) is 0 Å². The average Bonchev–Trinajstić information content (AvgIpc) is 2.51. The molecule has 0 fully saturated rings. The van der Waals surface area contributed by atoms with Gasteiger partial charge in [0.2, 0.25) is 0 Å². The fourth-order valence-electron chi connectivity index (χ4n) is 2.61. The second kappa shape index (κ2) is 6.13. The van der Waals surface area contributed by atoms with E-state index in [1.165, 1.54) is 10.6 Å². The van der Waals surface area contributed by atoms with E-state index in [0.717, 1.165) is 12.0 Å². The first-order valence-electron chi connectivity index (χ1n) is 7.49. The van der Waals surface area contributed by atoms with E-state index in [4.69, 9.17) is 11.6 Å². The quantitative estimate of drug-likeness (QED) is 0.711. The molecule has 3 aromatic rings. The fraction of sp³-hybridized carbons (Fsp3) is 0.222. The molecule has 118 valence electrons. The molecule has 0 aliphatic heterocycles. The predicted molar refractivity (Wildman–Crippen MR) is 91.0 cm³/mol. The summed E-state index contributed by atoms with van der Waals surface area (Å²) < 4.78 is 15.6. The minimum atomic E-state index is -0.560. The third-order valence-corrected chi connectivity index (χ3v) is 4.21. The van der Waals surface area contributed by atoms with Crippen molar-refractivity contribution in [1.29, 1.82) is 0 Å². The van der Waals surface area contributed by atoms with Gasteiger partial charge < -0.3 is 0 Å². The van der Waals surface area contributed by atoms with E-state index >= 15 is 0 Å². The molecule has 0 amide bonds. The van der Waals surface area contributed by atoms with Gasteiger partial charge in [-0.1, -0.05) is 30.7 Å². The second-order valence-corrected chi connectivity index (χ2v) is 5.89. The van der Waals surface area contributed by atoms with Gasteiger partial charge in [0, 0.05) is 11.4 Å². The van der Waals surface area contributed by atoms with Crippen LogP contribution in [-0.4, -0.2) is 9.55 Å². The van der Waals surface area contributed by atoms with Crippen molar-refractivity contribution in [1.82, 2.24) is 9.55 Å². The van der Waals surface area contributed by atoms with E-state index in [1.807, 2.05) is 19.9 Å². The van der Waals surface area contributed by atoms with Crippen LogP contribution in [0.3, 0.4) is 0 Å². The standard InChI is InChI=1S/C18H16ClFN2O/c1-3-5-16-21-15-7-4-6-14(20)17(15)18(23)22(16)12-9-8-11(2)13(19)10-12/h4,6-10H,3,5H2,1-2H3. The molecular weight excluding hydrogens is 315 g/mol. The molecule has 0 atom stereocenters. The molecule has 0 spiro atoms. The molecule has 5 heteroatoms. The maximum atomic E-state index is 14.1. The molecule has 0 saturated heterocycles. The van der Waals surface area contributed by atoms with Crippen LogP contribution in [0.4, 0.5) is 4.39 Å². The Morgan fingerprint density at radius 1 is 1.26 bits per heavy atom. The van der Waals surface area contributed by atoms with Crippen molar-refractivity contribution in [3.63, 3.8) is 0 Å². The molecule has 0 saturated carbocycles. The van der Waals surface area contributed by atoms with Gasteiger partial charge in [0.15, 0.2) is 0 Å². The highest BCUT2D eigenvalue weighted by Gasteiger charge is 2.15. The number of benzene rings is 2. The molecule has 23 heavy (non-hydrogen) atoms. The lowest BCUT2D eigenvalue weighted by molar-refractivity contribution is 0.636. The third kappa shape index (κ3) is 2.75. The normalized spacial score (nSPS) is 11.1. The number of halogens is 2. The highest BCUT2D eigenvalue weighted by atomic mass is 35.5. The summed E-state index contributed by atoms with van der Waals surface area (Å²) in [7, 11) is 0. The molecule has 2 aromatic carbocycles. The van der Waals surface area contributed by atoms with Gasteiger partial charge in [0.05, 0.1) is 11.2 Å². The van der Waals surface area contributed by atoms with Gasteiger partial charge in [-0.15, -0.1) is 0 Å². The van der Waals surface area contributed by atoms with Crippen molar-refractivity contribution in [2.24, 2.45) is 0 Å². The number of aryl methyl sites for hydroxylation is 2. The SMILES string of the molecule is CCCc1nc2cccc(F)c2c(=O)n1-c1ccc(C)c(Cl)c1. The van der Waals surface area contributed by atoms with Gasteiger partial charge >= 0.3 is 0 Å². The number of fused-ring (bicyclic) bond motifs is 1. The molecule has 1 heterocycles. The van der Waals surface area contributed by atoms with Gasteiger partial charge in [0.25, 0.3) is 5.56 Å². The number of aromatic nitrogens is 2. The molecule has 1 aromatic heterocycles. The summed E-state index contributed by atoms with van der Waals surface area (Å²) in [6.07, 6.45) is 1.44. The molecule has 3 nitrogen and oxygen atoms in total. The molecule has 0 aliphatic carbocycles. The zero-order valence-corrected chi connectivity index (χ0v) is 13.7. The van der Waals surface area contributed by atoms with Crippen LogP contribution >= 0.6 is 11.6 Å². The van der Waals surface area contributed by atoms with E-state index < -0.39 is 11.4 Å². The number of nitrogens with zero attached hydrogens (tertiary/aromatic N) is 2. The Morgan fingerprint density at radius 3 is 2.74 bits per heavy atom. The topological polar surface area (TPSA) is 34.9 Å². The summed E-state index contributed by atoms with van der Waals surface area (Å²) in [4.78, 5) is 17.4. The summed E-state index contributed by atoms with van der Waals surface area (Å²) in [5, 5.41) is 0.564. The van der Waals surface area contributed by atoms with Crippen molar-refractivity contribution in [3.8, 4) is 5.69 Å². The van der Waals surface area contributed by atoms with Gasteiger partial charge in [-0.25, -0.2) is 9.37 Å². The first kappa shape index (κ1) is 15.7. The summed E-state index contributed by atoms with van der Waals surface area (Å²) in [5.74, 6) is 0.0468. The molecule has 0 radical (unpaired) electrons. The Balaban J connectivity index is 2.39. The van der Waals surface area contributed by atoms with Crippen LogP contribution < -0.4 is 5.56 Å². The number of rotatable bonds is 3. The third-order valence-electron chi connectivity index (χ3n) is 3.80. The lowest BCUT2D eigenvalue weighted by Gasteiger charge is -2.14. The van der Waals surface area contributed by atoms with Crippen LogP contribution in [0, 0.1) is 12.7 Å². The number of hydrogen-bond donors (Lipinski definition) is 0. The lowest BCUT2D eigenvalue weighted by Crippen LogP contribution is -2.24. The van der Waals surface area contributed by atoms with Crippen LogP contribution in [0.15, 0.2) is 41.2 Å². The molecule has 0 bridgehead atoms. The highest BCUT2D eigenvalue weighted by Crippen LogP contribution is 2.21. The minimum absolute atomic E-state index is 0.00375. The maximum absolute atomic E-state index is 14.1. The first-order valence-corrected chi connectivity index (χ1v) is 7.87. The van der Waals surface area contributed by atoms with Crippen LogP contribution in [0.1, 0.15) is 24.7 Å². The van der Waals surface area contributed by atoms with Gasteiger partial charge in [0.1, 0.15) is 17.0 Å². The summed E-state index contributed by atoms with van der Waals surface area (Å²) in [5.41, 5.74) is 1.50. The maximum Gasteiger partial charge on any atom is 0.268 e. The first-order chi connectivity index (χ1) is 11.0. The zero-order chi connectivity index (χ0) is 16.6. The van der Waals surface area contributed by atoms with Crippen LogP contribution in [-0.2, 0) is 6.42 Å². The smallest absolute Gasteiger partial charge is 0.268 e. The molecule has 0 unspecified atom stereocenters. The monoisotopic (exact) mass is 330 g/mol. The Bertz CT molecular complexity index is 950. The van der Waals surface area contributed by atoms with Crippen LogP contribution in [0.2, 0.25) is 5.02 Å². The minimum Gasteiger partial charge on any atom is -0.268 e. The molecular formula is C18H16ClFN2O. The van der Waals surface area contributed by atoms with Gasteiger partial charge in [-0.3, -0.25) is 9.36 Å². The van der Waals surface area contributed by atoms with Crippen molar-refractivity contribution >= 4 is 22.5 Å². The molecule has 0 aliphatic rings. The largest absolute Gasteiger partial charge is 0.268 e. The van der Waals surface area contributed by atoms with E-state index in [0.29, 0.717) is 28.5 Å². The Hall–Kier alpha value is -2.20. The highest BCUT2D eigenvalue weighted by molar-refractivity contribution is 6.31. The van der Waals surface area contributed by atoms with Crippen molar-refractivity contribution in [3.05, 3.63) is 69.0 Å². The molecule has 0 N–H and O–H groups in total. The van der Waals surface area contributed by atoms with Crippen molar-refractivity contribution in [2.75, 3.05) is 0 Å². The van der Waals surface area contributed by atoms with Crippen molar-refractivity contribution in [2.45, 2.75) is 26.7 Å². The summed E-state index contributed by atoms with van der Waals surface area (Å²) in [6, 6.07) is 9.85. The Kier molecular flexibility index (Phi) is 4.18. The number of hydrogen-bond acceptors (Lipinski definition) is 2. The Labute approximate surface area is 138 Å². The summed E-state index contributed by atoms with van der Waals surface area (Å²) >= 11 is 6.19. The van der Waals surface area contributed by atoms with Gasteiger partial charge in [-0.05, 0) is 43.2 Å². The summed E-state index contributed by atoms with van der Waals surface area (Å²) in [6.45, 7) is 3.90. The van der Waals surface area contributed by atoms with E-state index in [1.54, 1.807) is 24.3 Å². The van der Waals surface area contributed by atoms with Crippen molar-refractivity contribution < 1.29 is 4.39 Å². The van der Waals surface area contributed by atoms with Crippen LogP contribution in [0.25, 0.3) is 16.6 Å². The fourth-order valence-corrected chi connectivity index (χ4v) is 2.79. The predicted octanol–water partition coefficient (Wildman–Crippen LogP) is 4.44. The molecule has 3 rings (SSSR count). The second-order valence-electron chi connectivity index (χ2n) is 5.49.